The van der Waals surface area contributed by atoms with Crippen LogP contribution in [-0.2, 0) is 4.74 Å². The molecule has 0 aliphatic heterocycles. The van der Waals surface area contributed by atoms with E-state index in [0.29, 0.717) is 17.0 Å². The van der Waals surface area contributed by atoms with Gasteiger partial charge in [-0.25, -0.2) is 0 Å². The molecule has 4 nitrogen and oxygen atoms in total. The summed E-state index contributed by atoms with van der Waals surface area (Å²) in [6.07, 6.45) is -0.00245. The molecule has 1 heterocycles. The zero-order chi connectivity index (χ0) is 10.6. The third-order valence-corrected chi connectivity index (χ3v) is 2.18. The first kappa shape index (κ1) is 11.3. The van der Waals surface area contributed by atoms with E-state index in [-0.39, 0.29) is 12.0 Å². The lowest BCUT2D eigenvalue weighted by Crippen LogP contribution is -2.31. The lowest BCUT2D eigenvalue weighted by molar-refractivity contribution is 0.0845. The monoisotopic (exact) mass is 261 g/mol. The van der Waals surface area contributed by atoms with Crippen molar-refractivity contribution in [3.63, 3.8) is 0 Å². The highest BCUT2D eigenvalue weighted by atomic mass is 79.9. The van der Waals surface area contributed by atoms with E-state index in [1.54, 1.807) is 19.2 Å². The number of rotatable bonds is 4. The van der Waals surface area contributed by atoms with E-state index in [1.807, 2.05) is 6.92 Å². The standard InChI is InChI=1S/C9H12BrNO3/c1-6(13-2)5-11-9(12)7-3-4-8(10)14-7/h3-4,6H,5H2,1-2H3,(H,11,12). The molecule has 1 amide bonds. The predicted molar refractivity (Wildman–Crippen MR) is 55.2 cm³/mol. The summed E-state index contributed by atoms with van der Waals surface area (Å²) in [6.45, 7) is 2.34. The number of nitrogens with one attached hydrogen (secondary N) is 1. The molecule has 1 rings (SSSR count). The van der Waals surface area contributed by atoms with Crippen molar-refractivity contribution in [1.82, 2.24) is 5.32 Å². The van der Waals surface area contributed by atoms with Crippen LogP contribution in [0.3, 0.4) is 0 Å². The van der Waals surface area contributed by atoms with Crippen LogP contribution < -0.4 is 5.32 Å². The van der Waals surface area contributed by atoms with Gasteiger partial charge in [-0.1, -0.05) is 0 Å². The summed E-state index contributed by atoms with van der Waals surface area (Å²) < 4.78 is 10.6. The average Bonchev–Trinajstić information content (AvgIpc) is 2.60. The van der Waals surface area contributed by atoms with Crippen molar-refractivity contribution in [2.24, 2.45) is 0 Å². The van der Waals surface area contributed by atoms with Gasteiger partial charge in [0.15, 0.2) is 10.4 Å². The van der Waals surface area contributed by atoms with Crippen LogP contribution in [0.15, 0.2) is 21.2 Å². The molecule has 14 heavy (non-hydrogen) atoms. The van der Waals surface area contributed by atoms with Crippen molar-refractivity contribution in [3.8, 4) is 0 Å². The molecule has 1 aromatic heterocycles. The number of methoxy groups -OCH3 is 1. The molecule has 5 heteroatoms. The summed E-state index contributed by atoms with van der Waals surface area (Å²) in [7, 11) is 1.60. The van der Waals surface area contributed by atoms with Crippen LogP contribution in [0.5, 0.6) is 0 Å². The van der Waals surface area contributed by atoms with Crippen LogP contribution in [0, 0.1) is 0 Å². The van der Waals surface area contributed by atoms with E-state index in [2.05, 4.69) is 21.2 Å². The molecular formula is C9H12BrNO3. The van der Waals surface area contributed by atoms with Gasteiger partial charge >= 0.3 is 0 Å². The van der Waals surface area contributed by atoms with Gasteiger partial charge in [0.05, 0.1) is 6.10 Å². The zero-order valence-corrected chi connectivity index (χ0v) is 9.63. The molecule has 1 atom stereocenters. The Kier molecular flexibility index (Phi) is 4.16. The maximum atomic E-state index is 11.4. The predicted octanol–water partition coefficient (Wildman–Crippen LogP) is 1.81. The highest BCUT2D eigenvalue weighted by Crippen LogP contribution is 2.13. The number of ether oxygens (including phenoxy) is 1. The van der Waals surface area contributed by atoms with Crippen molar-refractivity contribution in [3.05, 3.63) is 22.6 Å². The minimum atomic E-state index is -0.236. The van der Waals surface area contributed by atoms with Crippen LogP contribution in [0.4, 0.5) is 0 Å². The van der Waals surface area contributed by atoms with Gasteiger partial charge in [0.2, 0.25) is 0 Å². The molecule has 0 aromatic carbocycles. The average molecular weight is 262 g/mol. The molecule has 78 valence electrons. The Morgan fingerprint density at radius 2 is 2.43 bits per heavy atom. The molecule has 1 N–H and O–H groups in total. The SMILES string of the molecule is COC(C)CNC(=O)c1ccc(Br)o1. The molecular weight excluding hydrogens is 250 g/mol. The second-order valence-corrected chi connectivity index (χ2v) is 3.64. The van der Waals surface area contributed by atoms with Crippen LogP contribution in [0.1, 0.15) is 17.5 Å². The molecule has 0 fully saturated rings. The van der Waals surface area contributed by atoms with Gasteiger partial charge in [0.1, 0.15) is 0 Å². The fraction of sp³-hybridized carbons (Fsp3) is 0.444. The van der Waals surface area contributed by atoms with Gasteiger partial charge in [-0.05, 0) is 35.0 Å². The number of carbonyl (C=O) groups is 1. The van der Waals surface area contributed by atoms with Crippen molar-refractivity contribution >= 4 is 21.8 Å². The summed E-state index contributed by atoms with van der Waals surface area (Å²) in [5.41, 5.74) is 0. The summed E-state index contributed by atoms with van der Waals surface area (Å²) in [5, 5.41) is 2.68. The van der Waals surface area contributed by atoms with E-state index >= 15 is 0 Å². The highest BCUT2D eigenvalue weighted by Gasteiger charge is 2.10. The molecule has 1 unspecified atom stereocenters. The number of furan rings is 1. The first-order valence-electron chi connectivity index (χ1n) is 4.20. The van der Waals surface area contributed by atoms with Gasteiger partial charge in [0.25, 0.3) is 5.91 Å². The van der Waals surface area contributed by atoms with Gasteiger partial charge in [-0.15, -0.1) is 0 Å². The summed E-state index contributed by atoms with van der Waals surface area (Å²) in [6, 6.07) is 3.28. The second kappa shape index (κ2) is 5.17. The second-order valence-electron chi connectivity index (χ2n) is 2.86. The van der Waals surface area contributed by atoms with Crippen molar-refractivity contribution < 1.29 is 13.9 Å². The Bertz CT molecular complexity index is 311. The molecule has 0 saturated carbocycles. The minimum absolute atomic E-state index is 0.00245. The van der Waals surface area contributed by atoms with Crippen LogP contribution >= 0.6 is 15.9 Å². The molecule has 0 aliphatic rings. The fourth-order valence-corrected chi connectivity index (χ4v) is 1.15. The smallest absolute Gasteiger partial charge is 0.287 e. The number of hydrogen-bond acceptors (Lipinski definition) is 3. The van der Waals surface area contributed by atoms with Crippen molar-refractivity contribution in [2.45, 2.75) is 13.0 Å². The third kappa shape index (κ3) is 3.16. The first-order chi connectivity index (χ1) is 6.63. The largest absolute Gasteiger partial charge is 0.444 e. The number of carbonyl (C=O) groups excluding carboxylic acids is 1. The number of amides is 1. The van der Waals surface area contributed by atoms with Crippen molar-refractivity contribution in [1.29, 1.82) is 0 Å². The Hall–Kier alpha value is -0.810. The molecule has 0 bridgehead atoms. The quantitative estimate of drug-likeness (QED) is 0.900. The fourth-order valence-electron chi connectivity index (χ4n) is 0.843. The first-order valence-corrected chi connectivity index (χ1v) is 4.99. The minimum Gasteiger partial charge on any atom is -0.444 e. The third-order valence-electron chi connectivity index (χ3n) is 1.75. The van der Waals surface area contributed by atoms with E-state index in [9.17, 15) is 4.79 Å². The normalized spacial score (nSPS) is 12.5. The number of halogens is 1. The summed E-state index contributed by atoms with van der Waals surface area (Å²) in [5.74, 6) is 0.0554. The molecule has 0 aliphatic carbocycles. The Balaban J connectivity index is 2.43. The summed E-state index contributed by atoms with van der Waals surface area (Å²) in [4.78, 5) is 11.4. The van der Waals surface area contributed by atoms with E-state index in [4.69, 9.17) is 9.15 Å². The zero-order valence-electron chi connectivity index (χ0n) is 8.04. The molecule has 0 radical (unpaired) electrons. The molecule has 1 aromatic rings. The Morgan fingerprint density at radius 1 is 1.71 bits per heavy atom. The Labute approximate surface area is 90.7 Å². The van der Waals surface area contributed by atoms with Crippen molar-refractivity contribution in [2.75, 3.05) is 13.7 Å². The topological polar surface area (TPSA) is 51.5 Å². The van der Waals surface area contributed by atoms with Gasteiger partial charge in [0, 0.05) is 13.7 Å². The highest BCUT2D eigenvalue weighted by molar-refractivity contribution is 9.10. The van der Waals surface area contributed by atoms with E-state index in [1.165, 1.54) is 0 Å². The van der Waals surface area contributed by atoms with Crippen LogP contribution in [-0.4, -0.2) is 25.7 Å². The molecule has 0 spiro atoms. The van der Waals surface area contributed by atoms with E-state index < -0.39 is 0 Å². The Morgan fingerprint density at radius 3 is 2.93 bits per heavy atom. The van der Waals surface area contributed by atoms with Gasteiger partial charge in [-0.3, -0.25) is 4.79 Å². The van der Waals surface area contributed by atoms with Crippen LogP contribution in [0.2, 0.25) is 0 Å². The van der Waals surface area contributed by atoms with Gasteiger partial charge in [-0.2, -0.15) is 0 Å². The lowest BCUT2D eigenvalue weighted by Gasteiger charge is -2.09. The van der Waals surface area contributed by atoms with E-state index in [0.717, 1.165) is 0 Å². The summed E-state index contributed by atoms with van der Waals surface area (Å²) >= 11 is 3.12. The number of hydrogen-bond donors (Lipinski definition) is 1. The van der Waals surface area contributed by atoms with Gasteiger partial charge < -0.3 is 14.5 Å². The lowest BCUT2D eigenvalue weighted by atomic mass is 10.3. The maximum Gasteiger partial charge on any atom is 0.287 e. The maximum absolute atomic E-state index is 11.4. The molecule has 0 saturated heterocycles. The van der Waals surface area contributed by atoms with Crippen LogP contribution in [0.25, 0.3) is 0 Å².